The van der Waals surface area contributed by atoms with Gasteiger partial charge < -0.3 is 0 Å². The monoisotopic (exact) mass is 516 g/mol. The molecule has 0 radical (unpaired) electrons. The lowest BCUT2D eigenvalue weighted by Crippen LogP contribution is -2.06. The zero-order chi connectivity index (χ0) is 14.2. The number of rotatable bonds is 2. The topological polar surface area (TPSA) is 17.1 Å². The lowest BCUT2D eigenvalue weighted by Gasteiger charge is -2.07. The highest BCUT2D eigenvalue weighted by atomic mass is 127. The zero-order valence-electron chi connectivity index (χ0n) is 9.18. The lowest BCUT2D eigenvalue weighted by molar-refractivity contribution is 0.103. The van der Waals surface area contributed by atoms with E-state index < -0.39 is 11.6 Å². The number of hydrogen-bond acceptors (Lipinski definition) is 1. The Morgan fingerprint density at radius 3 is 2.53 bits per heavy atom. The third kappa shape index (κ3) is 3.37. The summed E-state index contributed by atoms with van der Waals surface area (Å²) in [4.78, 5) is 12.4. The van der Waals surface area contributed by atoms with Gasteiger partial charge in [-0.2, -0.15) is 0 Å². The highest BCUT2D eigenvalue weighted by molar-refractivity contribution is 14.1. The van der Waals surface area contributed by atoms with E-state index in [0.717, 1.165) is 8.04 Å². The number of ketones is 1. The molecular weight excluding hydrogens is 513 g/mol. The molecule has 1 nitrogen and oxygen atoms in total. The first-order valence-electron chi connectivity index (χ1n) is 5.04. The molecule has 0 spiro atoms. The van der Waals surface area contributed by atoms with Gasteiger partial charge in [0.15, 0.2) is 5.78 Å². The summed E-state index contributed by atoms with van der Waals surface area (Å²) in [6.07, 6.45) is 0. The Hall–Kier alpha value is 0.0200. The number of carbonyl (C=O) groups is 1. The molecule has 19 heavy (non-hydrogen) atoms. The van der Waals surface area contributed by atoms with Gasteiger partial charge in [-0.1, -0.05) is 27.5 Å². The van der Waals surface area contributed by atoms with E-state index >= 15 is 0 Å². The predicted octanol–water partition coefficient (Wildman–Crippen LogP) is 5.84. The van der Waals surface area contributed by atoms with Crippen molar-refractivity contribution in [2.24, 2.45) is 0 Å². The van der Waals surface area contributed by atoms with E-state index in [0.29, 0.717) is 15.1 Å². The molecule has 0 N–H and O–H groups in total. The van der Waals surface area contributed by atoms with Crippen molar-refractivity contribution < 1.29 is 9.18 Å². The van der Waals surface area contributed by atoms with Crippen LogP contribution in [-0.2, 0) is 0 Å². The smallest absolute Gasteiger partial charge is 0.197 e. The van der Waals surface area contributed by atoms with Gasteiger partial charge in [0.05, 0.1) is 10.6 Å². The molecule has 6 heteroatoms. The Balaban J connectivity index is 2.56. The van der Waals surface area contributed by atoms with Crippen LogP contribution in [0.5, 0.6) is 0 Å². The van der Waals surface area contributed by atoms with Gasteiger partial charge in [-0.3, -0.25) is 4.79 Å². The van der Waals surface area contributed by atoms with Gasteiger partial charge in [-0.25, -0.2) is 4.39 Å². The molecule has 0 saturated carbocycles. The second-order valence-electron chi connectivity index (χ2n) is 3.70. The van der Waals surface area contributed by atoms with Crippen LogP contribution in [0.4, 0.5) is 4.39 Å². The van der Waals surface area contributed by atoms with Crippen LogP contribution in [0.2, 0.25) is 5.02 Å². The third-order valence-corrected chi connectivity index (χ3v) is 5.06. The molecule has 98 valence electrons. The lowest BCUT2D eigenvalue weighted by atomic mass is 10.0. The number of carbonyl (C=O) groups excluding carboxylic acids is 1. The van der Waals surface area contributed by atoms with Crippen molar-refractivity contribution >= 4 is 71.8 Å². The summed E-state index contributed by atoms with van der Waals surface area (Å²) in [5.41, 5.74) is 0.400. The molecule has 0 aliphatic rings. The van der Waals surface area contributed by atoms with Crippen molar-refractivity contribution in [3.63, 3.8) is 0 Å². The summed E-state index contributed by atoms with van der Waals surface area (Å²) in [6.45, 7) is 0. The number of benzene rings is 2. The van der Waals surface area contributed by atoms with Crippen LogP contribution >= 0.6 is 66.1 Å². The van der Waals surface area contributed by atoms with Crippen LogP contribution in [0.25, 0.3) is 0 Å². The van der Waals surface area contributed by atoms with E-state index in [1.165, 1.54) is 12.1 Å². The van der Waals surface area contributed by atoms with Gasteiger partial charge in [-0.05, 0) is 68.9 Å². The van der Waals surface area contributed by atoms with Gasteiger partial charge in [0.25, 0.3) is 0 Å². The Bertz CT molecular complexity index is 676. The summed E-state index contributed by atoms with van der Waals surface area (Å²) in [7, 11) is 0. The highest BCUT2D eigenvalue weighted by Gasteiger charge is 2.18. The van der Waals surface area contributed by atoms with Crippen molar-refractivity contribution in [2.45, 2.75) is 0 Å². The Morgan fingerprint density at radius 2 is 1.84 bits per heavy atom. The quantitative estimate of drug-likeness (QED) is 0.278. The van der Waals surface area contributed by atoms with E-state index in [1.54, 1.807) is 12.1 Å². The average molecular weight is 518 g/mol. The molecule has 0 heterocycles. The van der Waals surface area contributed by atoms with Crippen LogP contribution in [-0.4, -0.2) is 5.78 Å². The molecule has 0 amide bonds. The van der Waals surface area contributed by atoms with E-state index in [4.69, 9.17) is 11.6 Å². The molecule has 0 aromatic heterocycles. The summed E-state index contributed by atoms with van der Waals surface area (Å²) in [5, 5.41) is 0.301. The highest BCUT2D eigenvalue weighted by Crippen LogP contribution is 2.28. The molecule has 0 saturated heterocycles. The van der Waals surface area contributed by atoms with Crippen molar-refractivity contribution in [3.8, 4) is 0 Å². The van der Waals surface area contributed by atoms with Gasteiger partial charge in [0, 0.05) is 18.1 Å². The molecule has 0 aliphatic carbocycles. The second kappa shape index (κ2) is 6.20. The second-order valence-corrected chi connectivity index (χ2v) is 7.04. The fourth-order valence-electron chi connectivity index (χ4n) is 1.51. The maximum absolute atomic E-state index is 13.9. The molecular formula is C13H5Br2ClFIO. The van der Waals surface area contributed by atoms with E-state index in [9.17, 15) is 9.18 Å². The van der Waals surface area contributed by atoms with Crippen LogP contribution in [0.1, 0.15) is 15.9 Å². The summed E-state index contributed by atoms with van der Waals surface area (Å²) < 4.78 is 15.8. The molecule has 0 unspecified atom stereocenters. The van der Waals surface area contributed by atoms with E-state index in [1.807, 2.05) is 28.7 Å². The van der Waals surface area contributed by atoms with Gasteiger partial charge in [0.1, 0.15) is 5.82 Å². The first kappa shape index (κ1) is 15.4. The summed E-state index contributed by atoms with van der Waals surface area (Å²) in [5.74, 6) is -0.991. The van der Waals surface area contributed by atoms with E-state index in [-0.39, 0.29) is 5.56 Å². The van der Waals surface area contributed by atoms with Crippen LogP contribution in [0.3, 0.4) is 0 Å². The molecule has 0 bridgehead atoms. The Morgan fingerprint density at radius 1 is 1.16 bits per heavy atom. The molecule has 2 rings (SSSR count). The fourth-order valence-corrected chi connectivity index (χ4v) is 2.93. The minimum absolute atomic E-state index is 0.0378. The normalized spacial score (nSPS) is 10.6. The number of halogens is 5. The van der Waals surface area contributed by atoms with Gasteiger partial charge >= 0.3 is 0 Å². The number of hydrogen-bond donors (Lipinski definition) is 0. The fraction of sp³-hybridized carbons (Fsp3) is 0. The Labute approximate surface area is 144 Å². The van der Waals surface area contributed by atoms with E-state index in [2.05, 4.69) is 31.9 Å². The molecule has 0 fully saturated rings. The maximum Gasteiger partial charge on any atom is 0.197 e. The molecule has 0 atom stereocenters. The molecule has 0 aliphatic heterocycles. The van der Waals surface area contributed by atoms with Crippen LogP contribution in [0, 0.1) is 9.39 Å². The first-order chi connectivity index (χ1) is 8.90. The maximum atomic E-state index is 13.9. The van der Waals surface area contributed by atoms with Crippen LogP contribution in [0.15, 0.2) is 39.3 Å². The average Bonchev–Trinajstić information content (AvgIpc) is 2.36. The predicted molar refractivity (Wildman–Crippen MR) is 89.4 cm³/mol. The summed E-state index contributed by atoms with van der Waals surface area (Å²) >= 11 is 14.4. The first-order valence-corrected chi connectivity index (χ1v) is 8.08. The minimum atomic E-state index is -0.600. The largest absolute Gasteiger partial charge is 0.288 e. The zero-order valence-corrected chi connectivity index (χ0v) is 15.3. The van der Waals surface area contributed by atoms with Crippen molar-refractivity contribution in [2.75, 3.05) is 0 Å². The molecule has 2 aromatic rings. The summed E-state index contributed by atoms with van der Waals surface area (Å²) in [6, 6.07) is 7.81. The van der Waals surface area contributed by atoms with Crippen molar-refractivity contribution in [3.05, 3.63) is 64.8 Å². The van der Waals surface area contributed by atoms with Crippen LogP contribution < -0.4 is 0 Å². The van der Waals surface area contributed by atoms with Gasteiger partial charge in [0.2, 0.25) is 0 Å². The van der Waals surface area contributed by atoms with Crippen molar-refractivity contribution in [1.82, 2.24) is 0 Å². The van der Waals surface area contributed by atoms with Crippen molar-refractivity contribution in [1.29, 1.82) is 0 Å². The van der Waals surface area contributed by atoms with Gasteiger partial charge in [-0.15, -0.1) is 0 Å². The minimum Gasteiger partial charge on any atom is -0.288 e. The molecule has 2 aromatic carbocycles. The Kier molecular flexibility index (Phi) is 5.03. The standard InChI is InChI=1S/C13H5Br2ClFIO/c14-6-1-2-12(18)8(3-6)13(19)7-4-10(16)9(15)5-11(7)17/h1-5H. The third-order valence-electron chi connectivity index (χ3n) is 2.43. The SMILES string of the molecule is O=C(c1cc(Cl)c(Br)cc1F)c1cc(Br)ccc1I.